The van der Waals surface area contributed by atoms with Gasteiger partial charge in [-0.3, -0.25) is 19.5 Å². The summed E-state index contributed by atoms with van der Waals surface area (Å²) in [5.41, 5.74) is 7.20. The zero-order valence-electron chi connectivity index (χ0n) is 16.5. The molecule has 2 aromatic carbocycles. The van der Waals surface area contributed by atoms with Crippen LogP contribution in [0.3, 0.4) is 0 Å². The van der Waals surface area contributed by atoms with Gasteiger partial charge in [0.05, 0.1) is 5.69 Å². The van der Waals surface area contributed by atoms with Gasteiger partial charge in [-0.2, -0.15) is 5.10 Å². The molecule has 10 heteroatoms. The summed E-state index contributed by atoms with van der Waals surface area (Å²) in [6.45, 7) is 1.22. The molecule has 0 radical (unpaired) electrons. The Morgan fingerprint density at radius 3 is 2.65 bits per heavy atom. The fourth-order valence-corrected chi connectivity index (χ4v) is 3.53. The third-order valence-corrected chi connectivity index (χ3v) is 5.09. The number of hydrazone groups is 1. The SMILES string of the molecule is NC(=O)[C@@H]1CC(C(=O)Nc2cccc(N3CCCNC3=O)c2)=NN1c1ccc(F)cc1. The predicted molar refractivity (Wildman–Crippen MR) is 114 cm³/mol. The summed E-state index contributed by atoms with van der Waals surface area (Å²) in [6, 6.07) is 11.3. The van der Waals surface area contributed by atoms with Crippen LogP contribution in [0.2, 0.25) is 0 Å². The Labute approximate surface area is 177 Å². The molecule has 0 bridgehead atoms. The smallest absolute Gasteiger partial charge is 0.321 e. The number of nitrogens with two attached hydrogens (primary N) is 1. The van der Waals surface area contributed by atoms with E-state index in [0.717, 1.165) is 6.42 Å². The van der Waals surface area contributed by atoms with Gasteiger partial charge in [-0.05, 0) is 48.9 Å². The van der Waals surface area contributed by atoms with Crippen LogP contribution < -0.4 is 26.3 Å². The first-order valence-electron chi connectivity index (χ1n) is 9.81. The zero-order chi connectivity index (χ0) is 22.0. The van der Waals surface area contributed by atoms with E-state index in [1.165, 1.54) is 29.3 Å². The monoisotopic (exact) mass is 424 g/mol. The summed E-state index contributed by atoms with van der Waals surface area (Å²) in [6.07, 6.45) is 0.847. The van der Waals surface area contributed by atoms with Gasteiger partial charge < -0.3 is 16.4 Å². The summed E-state index contributed by atoms with van der Waals surface area (Å²) in [7, 11) is 0. The number of carbonyl (C=O) groups is 3. The van der Waals surface area contributed by atoms with Crippen molar-refractivity contribution in [3.8, 4) is 0 Å². The van der Waals surface area contributed by atoms with Crippen LogP contribution in [0.5, 0.6) is 0 Å². The van der Waals surface area contributed by atoms with E-state index >= 15 is 0 Å². The third-order valence-electron chi connectivity index (χ3n) is 5.09. The van der Waals surface area contributed by atoms with E-state index in [9.17, 15) is 18.8 Å². The number of hydrogen-bond donors (Lipinski definition) is 3. The van der Waals surface area contributed by atoms with Crippen LogP contribution in [0.25, 0.3) is 0 Å². The molecule has 31 heavy (non-hydrogen) atoms. The second-order valence-corrected chi connectivity index (χ2v) is 7.23. The number of carbonyl (C=O) groups excluding carboxylic acids is 3. The largest absolute Gasteiger partial charge is 0.368 e. The van der Waals surface area contributed by atoms with Gasteiger partial charge in [0.15, 0.2) is 0 Å². The lowest BCUT2D eigenvalue weighted by molar-refractivity contribution is -0.119. The van der Waals surface area contributed by atoms with Crippen molar-refractivity contribution in [2.24, 2.45) is 10.8 Å². The molecular formula is C21H21FN6O3. The molecule has 2 aliphatic rings. The van der Waals surface area contributed by atoms with Gasteiger partial charge in [0.2, 0.25) is 5.91 Å². The van der Waals surface area contributed by atoms with Crippen molar-refractivity contribution in [3.05, 3.63) is 54.3 Å². The topological polar surface area (TPSA) is 120 Å². The molecule has 2 aliphatic heterocycles. The summed E-state index contributed by atoms with van der Waals surface area (Å²) < 4.78 is 13.2. The molecule has 4 N–H and O–H groups in total. The number of urea groups is 1. The molecule has 1 fully saturated rings. The maximum absolute atomic E-state index is 13.2. The summed E-state index contributed by atoms with van der Waals surface area (Å²) >= 11 is 0. The number of benzene rings is 2. The fraction of sp³-hybridized carbons (Fsp3) is 0.238. The highest BCUT2D eigenvalue weighted by molar-refractivity contribution is 6.44. The molecule has 0 aliphatic carbocycles. The molecule has 4 rings (SSSR count). The summed E-state index contributed by atoms with van der Waals surface area (Å²) in [4.78, 5) is 38.3. The average molecular weight is 424 g/mol. The van der Waals surface area contributed by atoms with E-state index in [0.29, 0.717) is 30.2 Å². The number of nitrogens with one attached hydrogen (secondary N) is 2. The standard InChI is InChI=1S/C21H21FN6O3/c22-13-5-7-15(8-6-13)28-18(19(23)29)12-17(26-28)20(30)25-14-3-1-4-16(11-14)27-10-2-9-24-21(27)31/h1,3-8,11,18H,2,9-10,12H2,(H2,23,29)(H,24,31)(H,25,30)/t18-/m0/s1. The van der Waals surface area contributed by atoms with Crippen LogP contribution in [0.4, 0.5) is 26.2 Å². The molecule has 0 unspecified atom stereocenters. The van der Waals surface area contributed by atoms with E-state index in [2.05, 4.69) is 15.7 Å². The molecule has 1 saturated heterocycles. The minimum absolute atomic E-state index is 0.0206. The molecule has 160 valence electrons. The van der Waals surface area contributed by atoms with Gasteiger partial charge in [-0.15, -0.1) is 0 Å². The molecule has 0 saturated carbocycles. The van der Waals surface area contributed by atoms with Crippen LogP contribution in [0, 0.1) is 5.82 Å². The predicted octanol–water partition coefficient (Wildman–Crippen LogP) is 1.80. The lowest BCUT2D eigenvalue weighted by atomic mass is 10.1. The first-order chi connectivity index (χ1) is 14.9. The molecular weight excluding hydrogens is 403 g/mol. The van der Waals surface area contributed by atoms with Crippen molar-refractivity contribution < 1.29 is 18.8 Å². The Balaban J connectivity index is 1.52. The zero-order valence-corrected chi connectivity index (χ0v) is 16.5. The summed E-state index contributed by atoms with van der Waals surface area (Å²) in [5, 5.41) is 11.1. The Kier molecular flexibility index (Phi) is 5.52. The van der Waals surface area contributed by atoms with E-state index < -0.39 is 23.7 Å². The van der Waals surface area contributed by atoms with Crippen LogP contribution in [-0.2, 0) is 9.59 Å². The normalized spacial score (nSPS) is 18.4. The van der Waals surface area contributed by atoms with Crippen LogP contribution in [0.15, 0.2) is 53.6 Å². The minimum atomic E-state index is -0.852. The van der Waals surface area contributed by atoms with Crippen molar-refractivity contribution in [1.29, 1.82) is 0 Å². The summed E-state index contributed by atoms with van der Waals surface area (Å²) in [5.74, 6) is -1.56. The molecule has 2 aromatic rings. The van der Waals surface area contributed by atoms with Gasteiger partial charge in [0, 0.05) is 30.9 Å². The number of nitrogens with zero attached hydrogens (tertiary/aromatic N) is 3. The molecule has 4 amide bonds. The van der Waals surface area contributed by atoms with Crippen molar-refractivity contribution >= 4 is 40.6 Å². The number of amides is 4. The Morgan fingerprint density at radius 1 is 1.16 bits per heavy atom. The lowest BCUT2D eigenvalue weighted by Crippen LogP contribution is -2.46. The second-order valence-electron chi connectivity index (χ2n) is 7.23. The maximum atomic E-state index is 13.2. The Morgan fingerprint density at radius 2 is 1.94 bits per heavy atom. The van der Waals surface area contributed by atoms with E-state index in [-0.39, 0.29) is 18.2 Å². The number of hydrogen-bond acceptors (Lipinski definition) is 5. The lowest BCUT2D eigenvalue weighted by Gasteiger charge is -2.27. The van der Waals surface area contributed by atoms with Gasteiger partial charge >= 0.3 is 6.03 Å². The van der Waals surface area contributed by atoms with Gasteiger partial charge in [-0.1, -0.05) is 6.07 Å². The van der Waals surface area contributed by atoms with Crippen LogP contribution in [0.1, 0.15) is 12.8 Å². The highest BCUT2D eigenvalue weighted by atomic mass is 19.1. The highest BCUT2D eigenvalue weighted by Crippen LogP contribution is 2.26. The number of rotatable bonds is 5. The number of primary amides is 1. The molecule has 0 aromatic heterocycles. The van der Waals surface area contributed by atoms with Gasteiger partial charge in [0.25, 0.3) is 5.91 Å². The molecule has 0 spiro atoms. The van der Waals surface area contributed by atoms with E-state index in [4.69, 9.17) is 5.73 Å². The molecule has 2 heterocycles. The quantitative estimate of drug-likeness (QED) is 0.678. The van der Waals surface area contributed by atoms with Crippen molar-refractivity contribution in [3.63, 3.8) is 0 Å². The van der Waals surface area contributed by atoms with Crippen molar-refractivity contribution in [1.82, 2.24) is 5.32 Å². The Bertz CT molecular complexity index is 1060. The Hall–Kier alpha value is -3.95. The average Bonchev–Trinajstić information content (AvgIpc) is 3.21. The van der Waals surface area contributed by atoms with E-state index in [1.807, 2.05) is 0 Å². The van der Waals surface area contributed by atoms with Crippen molar-refractivity contribution in [2.45, 2.75) is 18.9 Å². The highest BCUT2D eigenvalue weighted by Gasteiger charge is 2.35. The third kappa shape index (κ3) is 4.32. The maximum Gasteiger partial charge on any atom is 0.321 e. The number of halogens is 1. The van der Waals surface area contributed by atoms with Crippen molar-refractivity contribution in [2.75, 3.05) is 28.3 Å². The fourth-order valence-electron chi connectivity index (χ4n) is 3.53. The minimum Gasteiger partial charge on any atom is -0.368 e. The van der Waals surface area contributed by atoms with Crippen LogP contribution >= 0.6 is 0 Å². The van der Waals surface area contributed by atoms with E-state index in [1.54, 1.807) is 29.2 Å². The second kappa shape index (κ2) is 8.42. The number of anilines is 3. The molecule has 1 atom stereocenters. The van der Waals surface area contributed by atoms with Gasteiger partial charge in [0.1, 0.15) is 17.6 Å². The van der Waals surface area contributed by atoms with Gasteiger partial charge in [-0.25, -0.2) is 9.18 Å². The molecule has 9 nitrogen and oxygen atoms in total. The first kappa shape index (κ1) is 20.3. The van der Waals surface area contributed by atoms with Crippen LogP contribution in [-0.4, -0.2) is 42.7 Å². The first-order valence-corrected chi connectivity index (χ1v) is 9.81.